The first kappa shape index (κ1) is 24.8. The summed E-state index contributed by atoms with van der Waals surface area (Å²) in [6, 6.07) is 8.49. The molecule has 0 radical (unpaired) electrons. The maximum absolute atomic E-state index is 12.3. The van der Waals surface area contributed by atoms with E-state index in [1.807, 2.05) is 11.1 Å². The van der Waals surface area contributed by atoms with E-state index in [1.54, 1.807) is 14.2 Å². The van der Waals surface area contributed by atoms with Gasteiger partial charge in [0, 0.05) is 12.7 Å². The number of nitrogens with zero attached hydrogens (tertiary/aromatic N) is 2. The average molecular weight is 451 g/mol. The Kier molecular flexibility index (Phi) is 8.20. The van der Waals surface area contributed by atoms with Gasteiger partial charge in [0.25, 0.3) is 0 Å². The smallest absolute Gasteiger partial charge is 0.230 e. The predicted molar refractivity (Wildman–Crippen MR) is 135 cm³/mol. The van der Waals surface area contributed by atoms with Crippen LogP contribution >= 0.6 is 0 Å². The summed E-state index contributed by atoms with van der Waals surface area (Å²) in [5.74, 6) is 2.55. The number of hydrogen-bond donors (Lipinski definition) is 0. The summed E-state index contributed by atoms with van der Waals surface area (Å²) in [5.41, 5.74) is 7.65. The average Bonchev–Trinajstić information content (AvgIpc) is 2.91. The second-order valence-corrected chi connectivity index (χ2v) is 9.38. The van der Waals surface area contributed by atoms with Gasteiger partial charge in [-0.15, -0.1) is 0 Å². The number of ether oxygens (including phenoxy) is 2. The van der Waals surface area contributed by atoms with Crippen LogP contribution in [-0.4, -0.2) is 57.1 Å². The second-order valence-electron chi connectivity index (χ2n) is 9.38. The monoisotopic (exact) mass is 450 g/mol. The van der Waals surface area contributed by atoms with Crippen LogP contribution in [0.2, 0.25) is 0 Å². The number of carbonyl (C=O) groups excluding carboxylic acids is 1. The van der Waals surface area contributed by atoms with E-state index in [0.29, 0.717) is 12.3 Å². The van der Waals surface area contributed by atoms with E-state index in [1.165, 1.54) is 27.8 Å². The van der Waals surface area contributed by atoms with Gasteiger partial charge in [-0.25, -0.2) is 0 Å². The minimum absolute atomic E-state index is 0.196. The molecule has 5 nitrogen and oxygen atoms in total. The third-order valence-corrected chi connectivity index (χ3v) is 6.56. The van der Waals surface area contributed by atoms with E-state index >= 15 is 0 Å². The van der Waals surface area contributed by atoms with Crippen molar-refractivity contribution in [2.24, 2.45) is 0 Å². The van der Waals surface area contributed by atoms with Crippen molar-refractivity contribution in [1.82, 2.24) is 9.80 Å². The van der Waals surface area contributed by atoms with Crippen LogP contribution in [0.1, 0.15) is 52.6 Å². The highest BCUT2D eigenvalue weighted by molar-refractivity contribution is 5.83. The molecule has 2 aromatic rings. The summed E-state index contributed by atoms with van der Waals surface area (Å²) >= 11 is 0. The molecule has 1 amide bonds. The van der Waals surface area contributed by atoms with Crippen molar-refractivity contribution in [3.8, 4) is 11.5 Å². The van der Waals surface area contributed by atoms with Gasteiger partial charge < -0.3 is 19.3 Å². The minimum atomic E-state index is 0.196. The number of carbonyl (C=O) groups is 1. The number of aryl methyl sites for hydroxylation is 2. The zero-order chi connectivity index (χ0) is 24.1. The van der Waals surface area contributed by atoms with Gasteiger partial charge in [0.1, 0.15) is 0 Å². The van der Waals surface area contributed by atoms with E-state index < -0.39 is 0 Å². The molecule has 2 aliphatic rings. The van der Waals surface area contributed by atoms with Gasteiger partial charge in [0.15, 0.2) is 11.5 Å². The molecule has 0 saturated heterocycles. The van der Waals surface area contributed by atoms with Crippen LogP contribution in [0.5, 0.6) is 11.5 Å². The molecule has 178 valence electrons. The summed E-state index contributed by atoms with van der Waals surface area (Å²) in [6.45, 7) is 8.24. The Morgan fingerprint density at radius 3 is 2.30 bits per heavy atom. The molecule has 1 aliphatic carbocycles. The summed E-state index contributed by atoms with van der Waals surface area (Å²) < 4.78 is 10.4. The van der Waals surface area contributed by atoms with Crippen molar-refractivity contribution in [2.45, 2.75) is 46.0 Å². The van der Waals surface area contributed by atoms with Gasteiger partial charge in [0.2, 0.25) is 5.91 Å². The molecule has 0 bridgehead atoms. The zero-order valence-corrected chi connectivity index (χ0v) is 21.2. The molecule has 1 unspecified atom stereocenters. The first-order valence-corrected chi connectivity index (χ1v) is 11.7. The lowest BCUT2D eigenvalue weighted by atomic mass is 9.78. The van der Waals surface area contributed by atoms with Crippen LogP contribution in [0, 0.1) is 13.8 Å². The molecule has 1 aliphatic heterocycles. The molecule has 4 rings (SSSR count). The molecule has 33 heavy (non-hydrogen) atoms. The van der Waals surface area contributed by atoms with Crippen LogP contribution < -0.4 is 9.47 Å². The van der Waals surface area contributed by atoms with E-state index in [9.17, 15) is 4.79 Å². The SMILES string of the molecule is COc1cc2c(cc1OC)C(C)C2.Cc1cc2c(cc1C)CC(=O)N(CCCN(C)C)C=C2. The quantitative estimate of drug-likeness (QED) is 0.623. The molecule has 1 heterocycles. The Hall–Kier alpha value is -2.79. The van der Waals surface area contributed by atoms with Gasteiger partial charge in [-0.3, -0.25) is 4.79 Å². The largest absolute Gasteiger partial charge is 0.493 e. The van der Waals surface area contributed by atoms with Crippen LogP contribution in [0.4, 0.5) is 0 Å². The van der Waals surface area contributed by atoms with Crippen LogP contribution in [0.25, 0.3) is 6.08 Å². The summed E-state index contributed by atoms with van der Waals surface area (Å²) in [6.07, 6.45) is 6.68. The van der Waals surface area contributed by atoms with Gasteiger partial charge >= 0.3 is 0 Å². The third-order valence-electron chi connectivity index (χ3n) is 6.56. The van der Waals surface area contributed by atoms with E-state index in [0.717, 1.165) is 43.0 Å². The minimum Gasteiger partial charge on any atom is -0.493 e. The van der Waals surface area contributed by atoms with Crippen LogP contribution in [0.15, 0.2) is 30.5 Å². The Balaban J connectivity index is 0.000000203. The fourth-order valence-electron chi connectivity index (χ4n) is 4.36. The molecule has 0 spiro atoms. The summed E-state index contributed by atoms with van der Waals surface area (Å²) in [4.78, 5) is 16.3. The molecular formula is C28H38N2O3. The second kappa shape index (κ2) is 10.9. The fraction of sp³-hybridized carbons (Fsp3) is 0.464. The van der Waals surface area contributed by atoms with E-state index in [-0.39, 0.29) is 5.91 Å². The fourth-order valence-corrected chi connectivity index (χ4v) is 4.36. The number of amides is 1. The molecule has 0 aromatic heterocycles. The highest BCUT2D eigenvalue weighted by Gasteiger charge is 2.24. The highest BCUT2D eigenvalue weighted by Crippen LogP contribution is 2.41. The van der Waals surface area contributed by atoms with Crippen molar-refractivity contribution >= 4 is 12.0 Å². The lowest BCUT2D eigenvalue weighted by Crippen LogP contribution is -2.29. The summed E-state index contributed by atoms with van der Waals surface area (Å²) in [7, 11) is 7.46. The Morgan fingerprint density at radius 2 is 1.67 bits per heavy atom. The maximum atomic E-state index is 12.3. The van der Waals surface area contributed by atoms with Gasteiger partial charge in [-0.1, -0.05) is 19.1 Å². The van der Waals surface area contributed by atoms with E-state index in [2.05, 4.69) is 70.1 Å². The van der Waals surface area contributed by atoms with Gasteiger partial charge in [0.05, 0.1) is 20.6 Å². The first-order valence-electron chi connectivity index (χ1n) is 11.7. The van der Waals surface area contributed by atoms with Crippen molar-refractivity contribution in [1.29, 1.82) is 0 Å². The molecule has 0 fully saturated rings. The number of hydrogen-bond acceptors (Lipinski definition) is 4. The van der Waals surface area contributed by atoms with Gasteiger partial charge in [-0.2, -0.15) is 0 Å². The molecule has 5 heteroatoms. The number of methoxy groups -OCH3 is 2. The normalized spacial score (nSPS) is 16.3. The van der Waals surface area contributed by atoms with Crippen molar-refractivity contribution in [2.75, 3.05) is 41.4 Å². The Labute approximate surface area is 199 Å². The number of fused-ring (bicyclic) bond motifs is 2. The molecule has 2 aromatic carbocycles. The van der Waals surface area contributed by atoms with Crippen molar-refractivity contribution in [3.63, 3.8) is 0 Å². The highest BCUT2D eigenvalue weighted by atomic mass is 16.5. The van der Waals surface area contributed by atoms with Crippen molar-refractivity contribution < 1.29 is 14.3 Å². The van der Waals surface area contributed by atoms with Crippen molar-refractivity contribution in [3.05, 3.63) is 63.8 Å². The molecule has 0 N–H and O–H groups in total. The van der Waals surface area contributed by atoms with Gasteiger partial charge in [-0.05, 0) is 105 Å². The Bertz CT molecular complexity index is 1030. The zero-order valence-electron chi connectivity index (χ0n) is 21.2. The molecular weight excluding hydrogens is 412 g/mol. The summed E-state index contributed by atoms with van der Waals surface area (Å²) in [5, 5.41) is 0. The molecule has 0 saturated carbocycles. The predicted octanol–water partition coefficient (Wildman–Crippen LogP) is 4.97. The Morgan fingerprint density at radius 1 is 1.00 bits per heavy atom. The third kappa shape index (κ3) is 5.97. The first-order chi connectivity index (χ1) is 15.7. The topological polar surface area (TPSA) is 42.0 Å². The lowest BCUT2D eigenvalue weighted by Gasteiger charge is -2.28. The van der Waals surface area contributed by atoms with E-state index in [4.69, 9.17) is 9.47 Å². The molecule has 1 atom stereocenters. The number of benzene rings is 2. The number of rotatable bonds is 6. The standard InChI is InChI=1S/C17H24N2O.C11H14O2/c1-13-10-15-6-9-19(8-5-7-18(3)4)17(20)12-16(15)11-14(13)2;1-7-4-8-5-10(12-2)11(13-3)6-9(7)8/h6,9-11H,5,7-8,12H2,1-4H3;5-7H,4H2,1-3H3. The van der Waals surface area contributed by atoms with Crippen LogP contribution in [0.3, 0.4) is 0 Å². The maximum Gasteiger partial charge on any atom is 0.230 e. The lowest BCUT2D eigenvalue weighted by molar-refractivity contribution is -0.127. The van der Waals surface area contributed by atoms with Crippen LogP contribution in [-0.2, 0) is 17.6 Å².